The van der Waals surface area contributed by atoms with Crippen molar-refractivity contribution < 1.29 is 9.26 Å². The number of nitrogens with two attached hydrogens (primary N) is 1. The maximum atomic E-state index is 6.00. The third-order valence-corrected chi connectivity index (χ3v) is 3.96. The van der Waals surface area contributed by atoms with Gasteiger partial charge in [-0.15, -0.1) is 0 Å². The summed E-state index contributed by atoms with van der Waals surface area (Å²) in [7, 11) is 1.72. The number of hydrogen-bond donors (Lipinski definition) is 1. The molecule has 0 amide bonds. The molecule has 2 atom stereocenters. The fourth-order valence-corrected chi connectivity index (χ4v) is 2.89. The molecule has 5 nitrogen and oxygen atoms in total. The lowest BCUT2D eigenvalue weighted by Crippen LogP contribution is -2.19. The molecule has 5 heteroatoms. The topological polar surface area (TPSA) is 74.2 Å². The highest BCUT2D eigenvalue weighted by molar-refractivity contribution is 4.97. The Labute approximate surface area is 114 Å². The van der Waals surface area contributed by atoms with Crippen LogP contribution in [-0.4, -0.2) is 17.3 Å². The van der Waals surface area contributed by atoms with Crippen LogP contribution < -0.4 is 5.73 Å². The summed E-state index contributed by atoms with van der Waals surface area (Å²) in [6.07, 6.45) is 8.05. The van der Waals surface area contributed by atoms with Gasteiger partial charge in [0.1, 0.15) is 6.10 Å². The van der Waals surface area contributed by atoms with E-state index in [0.29, 0.717) is 17.6 Å². The summed E-state index contributed by atoms with van der Waals surface area (Å²) in [5.74, 6) is 1.71. The first-order valence-corrected chi connectivity index (χ1v) is 7.38. The van der Waals surface area contributed by atoms with E-state index in [9.17, 15) is 0 Å². The SMILES string of the molecule is CCCC(N)c1nc(C(OC)C2CCCCC2)no1. The van der Waals surface area contributed by atoms with Crippen molar-refractivity contribution in [1.29, 1.82) is 0 Å². The van der Waals surface area contributed by atoms with Gasteiger partial charge >= 0.3 is 0 Å². The zero-order valence-electron chi connectivity index (χ0n) is 12.0. The van der Waals surface area contributed by atoms with Crippen LogP contribution in [0.5, 0.6) is 0 Å². The molecule has 1 fully saturated rings. The minimum Gasteiger partial charge on any atom is -0.373 e. The quantitative estimate of drug-likeness (QED) is 0.857. The van der Waals surface area contributed by atoms with Gasteiger partial charge in [0.2, 0.25) is 11.7 Å². The van der Waals surface area contributed by atoms with Crippen LogP contribution >= 0.6 is 0 Å². The molecule has 1 aliphatic carbocycles. The van der Waals surface area contributed by atoms with Gasteiger partial charge in [0.15, 0.2) is 0 Å². The van der Waals surface area contributed by atoms with Gasteiger partial charge in [0.25, 0.3) is 0 Å². The summed E-state index contributed by atoms with van der Waals surface area (Å²) in [6, 6.07) is -0.157. The second kappa shape index (κ2) is 7.01. The summed E-state index contributed by atoms with van der Waals surface area (Å²) in [6.45, 7) is 2.09. The Morgan fingerprint density at radius 2 is 2.11 bits per heavy atom. The smallest absolute Gasteiger partial charge is 0.243 e. The van der Waals surface area contributed by atoms with Crippen LogP contribution in [0.25, 0.3) is 0 Å². The second-order valence-electron chi connectivity index (χ2n) is 5.44. The number of nitrogens with zero attached hydrogens (tertiary/aromatic N) is 2. The van der Waals surface area contributed by atoms with E-state index in [1.165, 1.54) is 32.1 Å². The van der Waals surface area contributed by atoms with Crippen molar-refractivity contribution in [3.05, 3.63) is 11.7 Å². The van der Waals surface area contributed by atoms with Gasteiger partial charge in [-0.25, -0.2) is 0 Å². The average molecular weight is 267 g/mol. The van der Waals surface area contributed by atoms with Gasteiger partial charge in [0.05, 0.1) is 6.04 Å². The second-order valence-corrected chi connectivity index (χ2v) is 5.44. The minimum atomic E-state index is -0.157. The fourth-order valence-electron chi connectivity index (χ4n) is 2.89. The molecular formula is C14H25N3O2. The maximum Gasteiger partial charge on any atom is 0.243 e. The van der Waals surface area contributed by atoms with Gasteiger partial charge in [-0.05, 0) is 25.2 Å². The van der Waals surface area contributed by atoms with Crippen molar-refractivity contribution in [2.24, 2.45) is 11.7 Å². The van der Waals surface area contributed by atoms with Crippen molar-refractivity contribution in [3.63, 3.8) is 0 Å². The largest absolute Gasteiger partial charge is 0.373 e. The van der Waals surface area contributed by atoms with Crippen LogP contribution in [0.2, 0.25) is 0 Å². The molecule has 2 rings (SSSR count). The van der Waals surface area contributed by atoms with E-state index in [0.717, 1.165) is 12.8 Å². The van der Waals surface area contributed by atoms with Gasteiger partial charge in [-0.3, -0.25) is 0 Å². The zero-order valence-corrected chi connectivity index (χ0v) is 12.0. The van der Waals surface area contributed by atoms with E-state index < -0.39 is 0 Å². The molecule has 2 unspecified atom stereocenters. The fraction of sp³-hybridized carbons (Fsp3) is 0.857. The third kappa shape index (κ3) is 3.54. The number of rotatable bonds is 6. The summed E-state index contributed by atoms with van der Waals surface area (Å²) < 4.78 is 10.9. The molecule has 0 bridgehead atoms. The van der Waals surface area contributed by atoms with E-state index >= 15 is 0 Å². The lowest BCUT2D eigenvalue weighted by atomic mass is 9.85. The van der Waals surface area contributed by atoms with Crippen molar-refractivity contribution in [3.8, 4) is 0 Å². The Balaban J connectivity index is 2.06. The molecule has 0 aliphatic heterocycles. The lowest BCUT2D eigenvalue weighted by molar-refractivity contribution is 0.0273. The van der Waals surface area contributed by atoms with Crippen LogP contribution in [0.1, 0.15) is 75.7 Å². The Morgan fingerprint density at radius 3 is 2.74 bits per heavy atom. The van der Waals surface area contributed by atoms with Crippen molar-refractivity contribution in [2.75, 3.05) is 7.11 Å². The molecule has 0 spiro atoms. The van der Waals surface area contributed by atoms with Crippen molar-refractivity contribution in [1.82, 2.24) is 10.1 Å². The molecule has 1 saturated carbocycles. The monoisotopic (exact) mass is 267 g/mol. The molecule has 1 aromatic heterocycles. The summed E-state index contributed by atoms with van der Waals surface area (Å²) in [5.41, 5.74) is 6.00. The molecule has 0 radical (unpaired) electrons. The number of hydrogen-bond acceptors (Lipinski definition) is 5. The van der Waals surface area contributed by atoms with Crippen LogP contribution in [0, 0.1) is 5.92 Å². The van der Waals surface area contributed by atoms with Crippen LogP contribution in [0.3, 0.4) is 0 Å². The molecule has 0 saturated heterocycles. The number of methoxy groups -OCH3 is 1. The highest BCUT2D eigenvalue weighted by atomic mass is 16.5. The normalized spacial score (nSPS) is 20.4. The number of ether oxygens (including phenoxy) is 1. The average Bonchev–Trinajstić information content (AvgIpc) is 2.91. The van der Waals surface area contributed by atoms with Crippen molar-refractivity contribution in [2.45, 2.75) is 64.0 Å². The van der Waals surface area contributed by atoms with Crippen LogP contribution in [0.4, 0.5) is 0 Å². The zero-order chi connectivity index (χ0) is 13.7. The predicted octanol–water partition coefficient (Wildman–Crippen LogP) is 3.14. The molecule has 2 N–H and O–H groups in total. The molecular weight excluding hydrogens is 242 g/mol. The highest BCUT2D eigenvalue weighted by Crippen LogP contribution is 2.35. The third-order valence-electron chi connectivity index (χ3n) is 3.96. The van der Waals surface area contributed by atoms with Crippen LogP contribution in [-0.2, 0) is 4.74 Å². The molecule has 1 heterocycles. The Hall–Kier alpha value is -0.940. The predicted molar refractivity (Wildman–Crippen MR) is 72.5 cm³/mol. The van der Waals surface area contributed by atoms with E-state index in [1.807, 2.05) is 0 Å². The summed E-state index contributed by atoms with van der Waals surface area (Å²) in [5, 5.41) is 4.07. The van der Waals surface area contributed by atoms with E-state index in [-0.39, 0.29) is 12.1 Å². The first-order chi connectivity index (χ1) is 9.26. The summed E-state index contributed by atoms with van der Waals surface area (Å²) in [4.78, 5) is 4.45. The first-order valence-electron chi connectivity index (χ1n) is 7.38. The van der Waals surface area contributed by atoms with Gasteiger partial charge in [0, 0.05) is 7.11 Å². The molecule has 1 aliphatic rings. The maximum absolute atomic E-state index is 6.00. The van der Waals surface area contributed by atoms with E-state index in [4.69, 9.17) is 15.0 Å². The minimum absolute atomic E-state index is 0.0494. The van der Waals surface area contributed by atoms with E-state index in [1.54, 1.807) is 7.11 Å². The Morgan fingerprint density at radius 1 is 1.37 bits per heavy atom. The number of aromatic nitrogens is 2. The van der Waals surface area contributed by atoms with Gasteiger partial charge in [-0.1, -0.05) is 37.8 Å². The Kier molecular flexibility index (Phi) is 5.34. The molecule has 0 aromatic carbocycles. The lowest BCUT2D eigenvalue weighted by Gasteiger charge is -2.26. The van der Waals surface area contributed by atoms with E-state index in [2.05, 4.69) is 17.1 Å². The Bertz CT molecular complexity index is 375. The van der Waals surface area contributed by atoms with Gasteiger partial charge in [-0.2, -0.15) is 4.98 Å². The first kappa shape index (κ1) is 14.5. The molecule has 19 heavy (non-hydrogen) atoms. The van der Waals surface area contributed by atoms with Gasteiger partial charge < -0.3 is 15.0 Å². The molecule has 108 valence electrons. The highest BCUT2D eigenvalue weighted by Gasteiger charge is 2.29. The standard InChI is InChI=1S/C14H25N3O2/c1-3-7-11(15)14-16-13(17-19-14)12(18-2)10-8-5-4-6-9-10/h10-12H,3-9,15H2,1-2H3. The van der Waals surface area contributed by atoms with Crippen LogP contribution in [0.15, 0.2) is 4.52 Å². The van der Waals surface area contributed by atoms with Crippen molar-refractivity contribution >= 4 is 0 Å². The molecule has 1 aromatic rings. The summed E-state index contributed by atoms with van der Waals surface area (Å²) >= 11 is 0.